The Hall–Kier alpha value is -2.49. The van der Waals surface area contributed by atoms with Gasteiger partial charge in [0.1, 0.15) is 24.1 Å². The zero-order chi connectivity index (χ0) is 14.7. The lowest BCUT2D eigenvalue weighted by Crippen LogP contribution is -2.01. The molecule has 0 aromatic heterocycles. The third-order valence-electron chi connectivity index (χ3n) is 3.49. The number of benzene rings is 2. The first kappa shape index (κ1) is 13.5. The third kappa shape index (κ3) is 2.84. The van der Waals surface area contributed by atoms with E-state index in [-0.39, 0.29) is 6.04 Å². The molecular formula is C17H17NO3. The highest BCUT2D eigenvalue weighted by atomic mass is 16.5. The van der Waals surface area contributed by atoms with E-state index in [4.69, 9.17) is 14.2 Å². The van der Waals surface area contributed by atoms with Gasteiger partial charge in [-0.3, -0.25) is 0 Å². The van der Waals surface area contributed by atoms with Crippen LogP contribution in [0, 0.1) is 0 Å². The number of hydrogen-bond acceptors (Lipinski definition) is 4. The highest BCUT2D eigenvalue weighted by Gasteiger charge is 2.21. The van der Waals surface area contributed by atoms with Crippen molar-refractivity contribution in [2.75, 3.05) is 20.8 Å². The Labute approximate surface area is 124 Å². The lowest BCUT2D eigenvalue weighted by molar-refractivity contribution is 0.319. The van der Waals surface area contributed by atoms with Crippen LogP contribution in [0.25, 0.3) is 0 Å². The lowest BCUT2D eigenvalue weighted by Gasteiger charge is -2.06. The second-order valence-corrected chi connectivity index (χ2v) is 4.76. The van der Waals surface area contributed by atoms with Gasteiger partial charge in [-0.25, -0.2) is 4.99 Å². The van der Waals surface area contributed by atoms with Crippen LogP contribution in [0.5, 0.6) is 11.5 Å². The fourth-order valence-electron chi connectivity index (χ4n) is 2.26. The van der Waals surface area contributed by atoms with Gasteiger partial charge < -0.3 is 14.2 Å². The molecule has 0 radical (unpaired) electrons. The minimum absolute atomic E-state index is 0.0352. The van der Waals surface area contributed by atoms with Crippen molar-refractivity contribution in [3.05, 3.63) is 59.7 Å². The Balaban J connectivity index is 1.79. The van der Waals surface area contributed by atoms with Crippen molar-refractivity contribution in [3.8, 4) is 11.5 Å². The molecule has 1 unspecified atom stereocenters. The van der Waals surface area contributed by atoms with E-state index in [0.29, 0.717) is 12.5 Å². The quantitative estimate of drug-likeness (QED) is 0.865. The molecule has 1 aliphatic heterocycles. The zero-order valence-corrected chi connectivity index (χ0v) is 12.1. The van der Waals surface area contributed by atoms with E-state index in [1.165, 1.54) is 0 Å². The molecule has 108 valence electrons. The van der Waals surface area contributed by atoms with Crippen LogP contribution in [-0.2, 0) is 4.74 Å². The van der Waals surface area contributed by atoms with Crippen LogP contribution < -0.4 is 9.47 Å². The van der Waals surface area contributed by atoms with E-state index in [1.807, 2.05) is 48.5 Å². The van der Waals surface area contributed by atoms with E-state index in [2.05, 4.69) is 4.99 Å². The number of aliphatic imine (C=N–C) groups is 1. The molecule has 0 fully saturated rings. The van der Waals surface area contributed by atoms with Gasteiger partial charge in [0, 0.05) is 5.56 Å². The fraction of sp³-hybridized carbons (Fsp3) is 0.235. The molecule has 3 rings (SSSR count). The molecule has 4 heteroatoms. The fourth-order valence-corrected chi connectivity index (χ4v) is 2.26. The summed E-state index contributed by atoms with van der Waals surface area (Å²) in [7, 11) is 3.31. The molecular weight excluding hydrogens is 266 g/mol. The summed E-state index contributed by atoms with van der Waals surface area (Å²) < 4.78 is 16.0. The average Bonchev–Trinajstić information content (AvgIpc) is 3.05. The number of nitrogens with zero attached hydrogens (tertiary/aromatic N) is 1. The Morgan fingerprint density at radius 2 is 1.48 bits per heavy atom. The summed E-state index contributed by atoms with van der Waals surface area (Å²) in [6, 6.07) is 15.7. The summed E-state index contributed by atoms with van der Waals surface area (Å²) in [6.07, 6.45) is 0. The molecule has 0 bridgehead atoms. The summed E-state index contributed by atoms with van der Waals surface area (Å²) in [5, 5.41) is 0. The van der Waals surface area contributed by atoms with Crippen molar-refractivity contribution in [1.29, 1.82) is 0 Å². The van der Waals surface area contributed by atoms with Gasteiger partial charge in [0.2, 0.25) is 5.90 Å². The van der Waals surface area contributed by atoms with Gasteiger partial charge >= 0.3 is 0 Å². The molecule has 21 heavy (non-hydrogen) atoms. The zero-order valence-electron chi connectivity index (χ0n) is 12.1. The van der Waals surface area contributed by atoms with Crippen molar-refractivity contribution in [2.24, 2.45) is 4.99 Å². The summed E-state index contributed by atoms with van der Waals surface area (Å²) in [6.45, 7) is 0.563. The number of methoxy groups -OCH3 is 2. The maximum atomic E-state index is 5.71. The molecule has 0 amide bonds. The SMILES string of the molecule is COc1ccc(C2=NC(c3ccc(OC)cc3)CO2)cc1. The first-order valence-corrected chi connectivity index (χ1v) is 6.79. The first-order chi connectivity index (χ1) is 10.3. The Kier molecular flexibility index (Phi) is 3.77. The molecule has 2 aromatic carbocycles. The van der Waals surface area contributed by atoms with Gasteiger partial charge in [-0.15, -0.1) is 0 Å². The maximum absolute atomic E-state index is 5.71. The highest BCUT2D eigenvalue weighted by molar-refractivity contribution is 5.95. The largest absolute Gasteiger partial charge is 0.497 e. The smallest absolute Gasteiger partial charge is 0.216 e. The number of ether oxygens (including phenoxy) is 3. The van der Waals surface area contributed by atoms with Gasteiger partial charge in [-0.05, 0) is 42.0 Å². The van der Waals surface area contributed by atoms with E-state index in [0.717, 1.165) is 22.6 Å². The highest BCUT2D eigenvalue weighted by Crippen LogP contribution is 2.27. The molecule has 0 aliphatic carbocycles. The van der Waals surface area contributed by atoms with Crippen molar-refractivity contribution < 1.29 is 14.2 Å². The molecule has 1 heterocycles. The Morgan fingerprint density at radius 1 is 0.905 bits per heavy atom. The minimum atomic E-state index is 0.0352. The molecule has 0 spiro atoms. The van der Waals surface area contributed by atoms with Crippen molar-refractivity contribution in [3.63, 3.8) is 0 Å². The van der Waals surface area contributed by atoms with Crippen LogP contribution in [0.2, 0.25) is 0 Å². The molecule has 1 aliphatic rings. The lowest BCUT2D eigenvalue weighted by atomic mass is 10.1. The van der Waals surface area contributed by atoms with Crippen LogP contribution in [0.3, 0.4) is 0 Å². The second kappa shape index (κ2) is 5.87. The minimum Gasteiger partial charge on any atom is -0.497 e. The van der Waals surface area contributed by atoms with Crippen LogP contribution in [0.15, 0.2) is 53.5 Å². The third-order valence-corrected chi connectivity index (χ3v) is 3.49. The molecule has 0 N–H and O–H groups in total. The van der Waals surface area contributed by atoms with Crippen LogP contribution in [0.4, 0.5) is 0 Å². The predicted molar refractivity (Wildman–Crippen MR) is 81.2 cm³/mol. The van der Waals surface area contributed by atoms with E-state index < -0.39 is 0 Å². The van der Waals surface area contributed by atoms with Crippen molar-refractivity contribution in [1.82, 2.24) is 0 Å². The standard InChI is InChI=1S/C17H17NO3/c1-19-14-7-3-12(4-8-14)16-11-21-17(18-16)13-5-9-15(20-2)10-6-13/h3-10,16H,11H2,1-2H3. The molecule has 2 aromatic rings. The average molecular weight is 283 g/mol. The summed E-state index contributed by atoms with van der Waals surface area (Å²) in [5.41, 5.74) is 2.09. The monoisotopic (exact) mass is 283 g/mol. The first-order valence-electron chi connectivity index (χ1n) is 6.79. The van der Waals surface area contributed by atoms with E-state index in [1.54, 1.807) is 14.2 Å². The van der Waals surface area contributed by atoms with E-state index >= 15 is 0 Å². The van der Waals surface area contributed by atoms with Gasteiger partial charge in [0.15, 0.2) is 0 Å². The van der Waals surface area contributed by atoms with Gasteiger partial charge in [-0.1, -0.05) is 12.1 Å². The second-order valence-electron chi connectivity index (χ2n) is 4.76. The van der Waals surface area contributed by atoms with Crippen molar-refractivity contribution >= 4 is 5.90 Å². The number of rotatable bonds is 4. The topological polar surface area (TPSA) is 40.0 Å². The number of hydrogen-bond donors (Lipinski definition) is 0. The summed E-state index contributed by atoms with van der Waals surface area (Å²) in [5.74, 6) is 2.35. The van der Waals surface area contributed by atoms with Gasteiger partial charge in [0.05, 0.1) is 14.2 Å². The molecule has 0 saturated carbocycles. The van der Waals surface area contributed by atoms with Gasteiger partial charge in [0.25, 0.3) is 0 Å². The summed E-state index contributed by atoms with van der Waals surface area (Å²) in [4.78, 5) is 4.65. The Morgan fingerprint density at radius 3 is 2.05 bits per heavy atom. The predicted octanol–water partition coefficient (Wildman–Crippen LogP) is 3.22. The molecule has 1 atom stereocenters. The maximum Gasteiger partial charge on any atom is 0.216 e. The summed E-state index contributed by atoms with van der Waals surface area (Å²) >= 11 is 0. The van der Waals surface area contributed by atoms with E-state index in [9.17, 15) is 0 Å². The molecule has 0 saturated heterocycles. The normalized spacial score (nSPS) is 17.0. The Bertz CT molecular complexity index is 632. The van der Waals surface area contributed by atoms with Crippen molar-refractivity contribution in [2.45, 2.75) is 6.04 Å². The van der Waals surface area contributed by atoms with Crippen LogP contribution in [0.1, 0.15) is 17.2 Å². The molecule has 4 nitrogen and oxygen atoms in total. The van der Waals surface area contributed by atoms with Crippen LogP contribution in [-0.4, -0.2) is 26.7 Å². The van der Waals surface area contributed by atoms with Crippen LogP contribution >= 0.6 is 0 Å². The van der Waals surface area contributed by atoms with Gasteiger partial charge in [-0.2, -0.15) is 0 Å².